The molecule has 1 fully saturated rings. The van der Waals surface area contributed by atoms with Crippen molar-refractivity contribution in [2.24, 2.45) is 0 Å². The summed E-state index contributed by atoms with van der Waals surface area (Å²) in [6.07, 6.45) is 4.76. The van der Waals surface area contributed by atoms with Crippen LogP contribution in [-0.4, -0.2) is 17.8 Å². The first kappa shape index (κ1) is 11.9. The van der Waals surface area contributed by atoms with Crippen LogP contribution in [0.15, 0.2) is 22.7 Å². The zero-order valence-corrected chi connectivity index (χ0v) is 11.1. The molecule has 1 saturated carbocycles. The quantitative estimate of drug-likeness (QED) is 0.923. The molecule has 0 aromatic heterocycles. The molecule has 3 heteroatoms. The summed E-state index contributed by atoms with van der Waals surface area (Å²) in [6, 6.07) is 5.94. The van der Waals surface area contributed by atoms with Crippen LogP contribution in [0.25, 0.3) is 0 Å². The van der Waals surface area contributed by atoms with Crippen molar-refractivity contribution in [1.82, 2.24) is 0 Å². The van der Waals surface area contributed by atoms with Gasteiger partial charge in [0.15, 0.2) is 0 Å². The molecule has 0 atom stereocenters. The van der Waals surface area contributed by atoms with Crippen LogP contribution < -0.4 is 4.74 Å². The number of benzene rings is 1. The fraction of sp³-hybridized carbons (Fsp3) is 0.538. The van der Waals surface area contributed by atoms with E-state index in [2.05, 4.69) is 15.9 Å². The maximum Gasteiger partial charge on any atom is 0.122 e. The first-order valence-corrected chi connectivity index (χ1v) is 6.47. The normalized spacial score (nSPS) is 18.7. The standard InChI is InChI=1S/C13H17BrO2/c1-16-12-5-4-11(14)8-10(12)9-13(15)6-2-3-7-13/h4-5,8,15H,2-3,6-7,9H2,1H3. The van der Waals surface area contributed by atoms with E-state index in [-0.39, 0.29) is 0 Å². The highest BCUT2D eigenvalue weighted by Crippen LogP contribution is 2.35. The van der Waals surface area contributed by atoms with E-state index in [1.165, 1.54) is 0 Å². The van der Waals surface area contributed by atoms with Crippen LogP contribution in [0, 0.1) is 0 Å². The molecule has 16 heavy (non-hydrogen) atoms. The van der Waals surface area contributed by atoms with E-state index in [4.69, 9.17) is 4.74 Å². The van der Waals surface area contributed by atoms with E-state index < -0.39 is 5.60 Å². The molecule has 0 saturated heterocycles. The van der Waals surface area contributed by atoms with Gasteiger partial charge in [-0.05, 0) is 36.6 Å². The van der Waals surface area contributed by atoms with Gasteiger partial charge >= 0.3 is 0 Å². The minimum absolute atomic E-state index is 0.520. The molecule has 1 aliphatic carbocycles. The van der Waals surface area contributed by atoms with E-state index in [0.717, 1.165) is 41.5 Å². The Morgan fingerprint density at radius 1 is 1.38 bits per heavy atom. The lowest BCUT2D eigenvalue weighted by molar-refractivity contribution is 0.0476. The molecule has 1 aromatic carbocycles. The first-order valence-electron chi connectivity index (χ1n) is 5.68. The van der Waals surface area contributed by atoms with Crippen molar-refractivity contribution in [3.63, 3.8) is 0 Å². The van der Waals surface area contributed by atoms with Gasteiger partial charge in [0.25, 0.3) is 0 Å². The topological polar surface area (TPSA) is 29.5 Å². The molecule has 88 valence electrons. The van der Waals surface area contributed by atoms with Crippen molar-refractivity contribution in [1.29, 1.82) is 0 Å². The molecule has 0 radical (unpaired) electrons. The van der Waals surface area contributed by atoms with Gasteiger partial charge in [0.2, 0.25) is 0 Å². The lowest BCUT2D eigenvalue weighted by Crippen LogP contribution is -2.27. The summed E-state index contributed by atoms with van der Waals surface area (Å²) in [5, 5.41) is 10.4. The number of methoxy groups -OCH3 is 1. The minimum Gasteiger partial charge on any atom is -0.496 e. The molecule has 1 aliphatic rings. The van der Waals surface area contributed by atoms with Crippen LogP contribution in [0.3, 0.4) is 0 Å². The molecule has 0 spiro atoms. The van der Waals surface area contributed by atoms with Crippen molar-refractivity contribution >= 4 is 15.9 Å². The third-order valence-electron chi connectivity index (χ3n) is 3.30. The molecule has 2 nitrogen and oxygen atoms in total. The Morgan fingerprint density at radius 3 is 2.69 bits per heavy atom. The maximum atomic E-state index is 10.4. The molecule has 1 N–H and O–H groups in total. The third kappa shape index (κ3) is 2.58. The summed E-state index contributed by atoms with van der Waals surface area (Å²) >= 11 is 3.46. The van der Waals surface area contributed by atoms with Crippen LogP contribution in [0.1, 0.15) is 31.2 Å². The van der Waals surface area contributed by atoms with Crippen molar-refractivity contribution in [2.45, 2.75) is 37.7 Å². The highest BCUT2D eigenvalue weighted by atomic mass is 79.9. The Kier molecular flexibility index (Phi) is 3.55. The summed E-state index contributed by atoms with van der Waals surface area (Å²) in [7, 11) is 1.67. The van der Waals surface area contributed by atoms with Gasteiger partial charge < -0.3 is 9.84 Å². The largest absolute Gasteiger partial charge is 0.496 e. The second-order valence-electron chi connectivity index (χ2n) is 4.56. The molecule has 0 heterocycles. The fourth-order valence-electron chi connectivity index (χ4n) is 2.45. The van der Waals surface area contributed by atoms with Gasteiger partial charge in [-0.25, -0.2) is 0 Å². The molecule has 0 bridgehead atoms. The molecular formula is C13H17BrO2. The Bertz CT molecular complexity index is 370. The predicted octanol–water partition coefficient (Wildman–Crippen LogP) is 3.31. The average Bonchev–Trinajstić information content (AvgIpc) is 2.65. The van der Waals surface area contributed by atoms with E-state index >= 15 is 0 Å². The number of hydrogen-bond donors (Lipinski definition) is 1. The summed E-state index contributed by atoms with van der Waals surface area (Å²) < 4.78 is 6.36. The predicted molar refractivity (Wildman–Crippen MR) is 67.8 cm³/mol. The van der Waals surface area contributed by atoms with Gasteiger partial charge in [0.05, 0.1) is 12.7 Å². The van der Waals surface area contributed by atoms with Gasteiger partial charge in [0, 0.05) is 10.9 Å². The number of ether oxygens (including phenoxy) is 1. The van der Waals surface area contributed by atoms with Gasteiger partial charge in [-0.3, -0.25) is 0 Å². The van der Waals surface area contributed by atoms with E-state index in [9.17, 15) is 5.11 Å². The summed E-state index contributed by atoms with van der Waals surface area (Å²) in [5.41, 5.74) is 0.565. The minimum atomic E-state index is -0.520. The van der Waals surface area contributed by atoms with E-state index in [0.29, 0.717) is 6.42 Å². The highest BCUT2D eigenvalue weighted by molar-refractivity contribution is 9.10. The van der Waals surface area contributed by atoms with Gasteiger partial charge in [-0.1, -0.05) is 28.8 Å². The second kappa shape index (κ2) is 4.76. The molecule has 2 rings (SSSR count). The monoisotopic (exact) mass is 284 g/mol. The van der Waals surface area contributed by atoms with Crippen LogP contribution in [-0.2, 0) is 6.42 Å². The average molecular weight is 285 g/mol. The smallest absolute Gasteiger partial charge is 0.122 e. The Hall–Kier alpha value is -0.540. The number of halogens is 1. The summed E-state index contributed by atoms with van der Waals surface area (Å²) in [4.78, 5) is 0. The first-order chi connectivity index (χ1) is 7.63. The van der Waals surface area contributed by atoms with Crippen molar-refractivity contribution in [3.8, 4) is 5.75 Å². The van der Waals surface area contributed by atoms with E-state index in [1.807, 2.05) is 18.2 Å². The molecule has 1 aromatic rings. The van der Waals surface area contributed by atoms with Crippen molar-refractivity contribution in [3.05, 3.63) is 28.2 Å². The molecular weight excluding hydrogens is 268 g/mol. The Labute approximate surface area is 105 Å². The number of hydrogen-bond acceptors (Lipinski definition) is 2. The van der Waals surface area contributed by atoms with Crippen molar-refractivity contribution in [2.75, 3.05) is 7.11 Å². The van der Waals surface area contributed by atoms with Crippen molar-refractivity contribution < 1.29 is 9.84 Å². The molecule has 0 unspecified atom stereocenters. The summed E-state index contributed by atoms with van der Waals surface area (Å²) in [5.74, 6) is 0.864. The lowest BCUT2D eigenvalue weighted by atomic mass is 9.92. The Balaban J connectivity index is 2.22. The Morgan fingerprint density at radius 2 is 2.06 bits per heavy atom. The molecule has 0 aliphatic heterocycles. The maximum absolute atomic E-state index is 10.4. The molecule has 0 amide bonds. The SMILES string of the molecule is COc1ccc(Br)cc1CC1(O)CCCC1. The van der Waals surface area contributed by atoms with Crippen LogP contribution >= 0.6 is 15.9 Å². The summed E-state index contributed by atoms with van der Waals surface area (Å²) in [6.45, 7) is 0. The highest BCUT2D eigenvalue weighted by Gasteiger charge is 2.32. The zero-order valence-electron chi connectivity index (χ0n) is 9.50. The fourth-order valence-corrected chi connectivity index (χ4v) is 2.86. The second-order valence-corrected chi connectivity index (χ2v) is 5.48. The number of rotatable bonds is 3. The van der Waals surface area contributed by atoms with Crippen LogP contribution in [0.5, 0.6) is 5.75 Å². The van der Waals surface area contributed by atoms with Gasteiger partial charge in [-0.15, -0.1) is 0 Å². The van der Waals surface area contributed by atoms with Crippen LogP contribution in [0.2, 0.25) is 0 Å². The third-order valence-corrected chi connectivity index (χ3v) is 3.79. The van der Waals surface area contributed by atoms with E-state index in [1.54, 1.807) is 7.11 Å². The number of aliphatic hydroxyl groups is 1. The lowest BCUT2D eigenvalue weighted by Gasteiger charge is -2.23. The van der Waals surface area contributed by atoms with Gasteiger partial charge in [0.1, 0.15) is 5.75 Å². The van der Waals surface area contributed by atoms with Gasteiger partial charge in [-0.2, -0.15) is 0 Å². The van der Waals surface area contributed by atoms with Crippen LogP contribution in [0.4, 0.5) is 0 Å². The zero-order chi connectivity index (χ0) is 11.6.